The minimum Gasteiger partial charge on any atom is -0.465 e. The maximum atomic E-state index is 12.0. The molecule has 5 aliphatic rings. The van der Waals surface area contributed by atoms with Gasteiger partial charge in [0.25, 0.3) is 0 Å². The van der Waals surface area contributed by atoms with Crippen LogP contribution in [-0.4, -0.2) is 65.6 Å². The van der Waals surface area contributed by atoms with Gasteiger partial charge in [-0.3, -0.25) is 9.59 Å². The van der Waals surface area contributed by atoms with Gasteiger partial charge in [-0.2, -0.15) is 0 Å². The summed E-state index contributed by atoms with van der Waals surface area (Å²) in [6, 6.07) is 0. The van der Waals surface area contributed by atoms with Crippen LogP contribution in [0, 0.1) is 40.4 Å². The topological polar surface area (TPSA) is 112 Å². The van der Waals surface area contributed by atoms with Gasteiger partial charge in [0, 0.05) is 19.3 Å². The Bertz CT molecular complexity index is 938. The Morgan fingerprint density at radius 2 is 1.77 bits per heavy atom. The highest BCUT2D eigenvalue weighted by Gasteiger charge is 2.62. The number of esters is 2. The fraction of sp³-hybridized carbons (Fsp3) is 0.871. The van der Waals surface area contributed by atoms with E-state index in [0.29, 0.717) is 41.6 Å². The normalized spacial score (nSPS) is 49.2. The average Bonchev–Trinajstić information content (AvgIpc) is 3.24. The molecule has 0 aromatic carbocycles. The molecule has 13 atom stereocenters. The zero-order valence-electron chi connectivity index (χ0n) is 24.1. The van der Waals surface area contributed by atoms with Gasteiger partial charge in [0.2, 0.25) is 0 Å². The Hall–Kier alpha value is -1.48. The van der Waals surface area contributed by atoms with Crippen molar-refractivity contribution in [1.82, 2.24) is 0 Å². The summed E-state index contributed by atoms with van der Waals surface area (Å²) in [6.07, 6.45) is 6.54. The molecule has 5 fully saturated rings. The molecule has 4 aliphatic carbocycles. The van der Waals surface area contributed by atoms with Crippen LogP contribution in [-0.2, 0) is 28.5 Å². The quantitative estimate of drug-likeness (QED) is 0.289. The van der Waals surface area contributed by atoms with Crippen LogP contribution in [0.15, 0.2) is 12.7 Å². The summed E-state index contributed by atoms with van der Waals surface area (Å²) in [4.78, 5) is 23.4. The van der Waals surface area contributed by atoms with Crippen LogP contribution in [0.5, 0.6) is 0 Å². The van der Waals surface area contributed by atoms with E-state index in [1.165, 1.54) is 39.5 Å². The molecule has 0 unspecified atom stereocenters. The van der Waals surface area contributed by atoms with Gasteiger partial charge in [0.1, 0.15) is 12.2 Å². The van der Waals surface area contributed by atoms with Crippen molar-refractivity contribution in [2.75, 3.05) is 6.61 Å². The van der Waals surface area contributed by atoms with E-state index in [0.717, 1.165) is 32.1 Å². The first-order chi connectivity index (χ1) is 18.5. The molecule has 1 saturated heterocycles. The molecule has 1 heterocycles. The van der Waals surface area contributed by atoms with Gasteiger partial charge in [0.05, 0.1) is 18.8 Å². The van der Waals surface area contributed by atoms with Gasteiger partial charge >= 0.3 is 11.9 Å². The predicted molar refractivity (Wildman–Crippen MR) is 143 cm³/mol. The molecule has 0 aromatic rings. The van der Waals surface area contributed by atoms with Gasteiger partial charge in [-0.1, -0.05) is 13.0 Å². The molecule has 8 nitrogen and oxygen atoms in total. The van der Waals surface area contributed by atoms with Crippen molar-refractivity contribution in [2.45, 2.75) is 122 Å². The summed E-state index contributed by atoms with van der Waals surface area (Å²) in [5.74, 6) is 2.07. The number of fused-ring (bicyclic) bond motifs is 5. The molecular weight excluding hydrogens is 500 g/mol. The number of carbonyl (C=O) groups is 2. The first-order valence-corrected chi connectivity index (χ1v) is 15.1. The highest BCUT2D eigenvalue weighted by atomic mass is 16.7. The molecule has 220 valence electrons. The highest BCUT2D eigenvalue weighted by Crippen LogP contribution is 2.67. The highest BCUT2D eigenvalue weighted by molar-refractivity contribution is 5.66. The first kappa shape index (κ1) is 29.0. The number of rotatable bonds is 6. The van der Waals surface area contributed by atoms with Crippen LogP contribution in [0.4, 0.5) is 0 Å². The smallest absolute Gasteiger partial charge is 0.303 e. The van der Waals surface area contributed by atoms with Crippen LogP contribution >= 0.6 is 0 Å². The van der Waals surface area contributed by atoms with Gasteiger partial charge in [-0.25, -0.2) is 0 Å². The summed E-state index contributed by atoms with van der Waals surface area (Å²) < 4.78 is 23.2. The van der Waals surface area contributed by atoms with Crippen molar-refractivity contribution in [1.29, 1.82) is 0 Å². The fourth-order valence-corrected chi connectivity index (χ4v) is 9.74. The molecule has 0 bridgehead atoms. The van der Waals surface area contributed by atoms with E-state index in [-0.39, 0.29) is 17.5 Å². The van der Waals surface area contributed by atoms with E-state index >= 15 is 0 Å². The van der Waals surface area contributed by atoms with E-state index < -0.39 is 36.7 Å². The van der Waals surface area contributed by atoms with Gasteiger partial charge in [-0.05, 0) is 99.7 Å². The molecule has 1 aliphatic heterocycles. The standard InChI is InChI=1S/C31H48O8/c1-6-20-8-10-24-23-9-7-21-15-22(39-29-27(35)26(34)28(17(2)37-29)38-19(4)33)11-14-31(21,16-36-18(3)32)25(23)12-13-30(20,24)5/h6,17,20-29,34-35H,1,7-16H2,2-5H3/t17-,20+,21+,22+,23+,24+,25+,26-,27+,28+,29-,30-,31-/m1/s1. The van der Waals surface area contributed by atoms with Crippen LogP contribution in [0.2, 0.25) is 0 Å². The lowest BCUT2D eigenvalue weighted by molar-refractivity contribution is -0.312. The monoisotopic (exact) mass is 548 g/mol. The maximum Gasteiger partial charge on any atom is 0.303 e. The largest absolute Gasteiger partial charge is 0.465 e. The van der Waals surface area contributed by atoms with Crippen LogP contribution in [0.1, 0.15) is 85.5 Å². The number of hydrogen-bond acceptors (Lipinski definition) is 8. The van der Waals surface area contributed by atoms with Gasteiger partial charge in [-0.15, -0.1) is 6.58 Å². The Morgan fingerprint density at radius 3 is 2.46 bits per heavy atom. The second-order valence-corrected chi connectivity index (χ2v) is 13.4. The minimum atomic E-state index is -1.31. The van der Waals surface area contributed by atoms with E-state index in [4.69, 9.17) is 18.9 Å². The summed E-state index contributed by atoms with van der Waals surface area (Å²) >= 11 is 0. The number of ether oxygens (including phenoxy) is 4. The summed E-state index contributed by atoms with van der Waals surface area (Å²) in [5, 5.41) is 21.4. The Morgan fingerprint density at radius 1 is 1.00 bits per heavy atom. The summed E-state index contributed by atoms with van der Waals surface area (Å²) in [6.45, 7) is 11.6. The molecule has 4 saturated carbocycles. The van der Waals surface area contributed by atoms with Crippen molar-refractivity contribution in [3.8, 4) is 0 Å². The van der Waals surface area contributed by atoms with Gasteiger partial charge < -0.3 is 29.2 Å². The third kappa shape index (κ3) is 5.08. The van der Waals surface area contributed by atoms with Crippen molar-refractivity contribution < 1.29 is 38.7 Å². The number of aliphatic hydroxyl groups excluding tert-OH is 2. The molecule has 0 spiro atoms. The second-order valence-electron chi connectivity index (χ2n) is 13.4. The van der Waals surface area contributed by atoms with E-state index in [1.54, 1.807) is 6.92 Å². The third-order valence-electron chi connectivity index (χ3n) is 11.6. The lowest BCUT2D eigenvalue weighted by Gasteiger charge is -2.61. The predicted octanol–water partition coefficient (Wildman–Crippen LogP) is 4.16. The van der Waals surface area contributed by atoms with E-state index in [1.807, 2.05) is 0 Å². The molecular formula is C31H48O8. The molecule has 2 N–H and O–H groups in total. The van der Waals surface area contributed by atoms with Crippen molar-refractivity contribution in [2.24, 2.45) is 40.4 Å². The van der Waals surface area contributed by atoms with Crippen LogP contribution in [0.3, 0.4) is 0 Å². The van der Waals surface area contributed by atoms with Crippen molar-refractivity contribution in [3.63, 3.8) is 0 Å². The SMILES string of the molecule is C=C[C@H]1CC[C@H]2[C@@H]3CC[C@H]4C[C@@H](O[C@H]5O[C@H](C)[C@H](OC(C)=O)[C@H](O)[C@@H]5O)CC[C@]4(COC(C)=O)[C@H]3CC[C@]12C. The fourth-order valence-electron chi connectivity index (χ4n) is 9.74. The maximum absolute atomic E-state index is 12.0. The van der Waals surface area contributed by atoms with Crippen LogP contribution in [0.25, 0.3) is 0 Å². The Kier molecular flexibility index (Phi) is 8.24. The minimum absolute atomic E-state index is 0.0543. The molecule has 5 rings (SSSR count). The molecule has 0 radical (unpaired) electrons. The summed E-state index contributed by atoms with van der Waals surface area (Å²) in [5.41, 5.74) is 0.274. The molecule has 39 heavy (non-hydrogen) atoms. The number of carbonyl (C=O) groups excluding carboxylic acids is 2. The average molecular weight is 549 g/mol. The van der Waals surface area contributed by atoms with Gasteiger partial charge in [0.15, 0.2) is 12.4 Å². The number of allylic oxidation sites excluding steroid dienone is 1. The lowest BCUT2D eigenvalue weighted by atomic mass is 9.44. The molecule has 0 amide bonds. The van der Waals surface area contributed by atoms with Crippen molar-refractivity contribution in [3.05, 3.63) is 12.7 Å². The van der Waals surface area contributed by atoms with Crippen molar-refractivity contribution >= 4 is 11.9 Å². The summed E-state index contributed by atoms with van der Waals surface area (Å²) in [7, 11) is 0. The molecule has 8 heteroatoms. The Balaban J connectivity index is 1.31. The zero-order valence-corrected chi connectivity index (χ0v) is 24.1. The van der Waals surface area contributed by atoms with Crippen LogP contribution < -0.4 is 0 Å². The van der Waals surface area contributed by atoms with E-state index in [9.17, 15) is 19.8 Å². The lowest BCUT2D eigenvalue weighted by Crippen LogP contribution is -2.60. The second kappa shape index (κ2) is 11.1. The number of hydrogen-bond donors (Lipinski definition) is 2. The first-order valence-electron chi connectivity index (χ1n) is 15.1. The third-order valence-corrected chi connectivity index (χ3v) is 11.6. The Labute approximate surface area is 232 Å². The number of aliphatic hydroxyl groups is 2. The van der Waals surface area contributed by atoms with E-state index in [2.05, 4.69) is 19.6 Å². The zero-order chi connectivity index (χ0) is 28.1. The molecule has 0 aromatic heterocycles.